The van der Waals surface area contributed by atoms with E-state index in [9.17, 15) is 8.78 Å². The summed E-state index contributed by atoms with van der Waals surface area (Å²) in [4.78, 5) is 6.59. The molecule has 3 aromatic rings. The van der Waals surface area contributed by atoms with Crippen LogP contribution in [0.25, 0.3) is 11.4 Å². The molecule has 0 radical (unpaired) electrons. The van der Waals surface area contributed by atoms with Gasteiger partial charge in [-0.25, -0.2) is 0 Å². The number of rotatable bonds is 7. The van der Waals surface area contributed by atoms with E-state index < -0.39 is 6.61 Å². The van der Waals surface area contributed by atoms with E-state index in [1.165, 1.54) is 17.2 Å². The third-order valence-corrected chi connectivity index (χ3v) is 5.49. The van der Waals surface area contributed by atoms with E-state index in [4.69, 9.17) is 9.26 Å². The first kappa shape index (κ1) is 21.2. The van der Waals surface area contributed by atoms with Crippen molar-refractivity contribution in [3.63, 3.8) is 0 Å². The summed E-state index contributed by atoms with van der Waals surface area (Å²) in [6, 6.07) is 12.6. The summed E-state index contributed by atoms with van der Waals surface area (Å²) in [6.07, 6.45) is 1.98. The third kappa shape index (κ3) is 5.38. The molecule has 1 aromatic heterocycles. The molecule has 0 unspecified atom stereocenters. The van der Waals surface area contributed by atoms with E-state index in [1.807, 2.05) is 6.07 Å². The van der Waals surface area contributed by atoms with Gasteiger partial charge in [0.05, 0.1) is 12.1 Å². The summed E-state index contributed by atoms with van der Waals surface area (Å²) in [5, 5.41) is 3.94. The van der Waals surface area contributed by atoms with E-state index in [-0.39, 0.29) is 17.7 Å². The van der Waals surface area contributed by atoms with Crippen molar-refractivity contribution in [2.24, 2.45) is 0 Å². The lowest BCUT2D eigenvalue weighted by atomic mass is 10.1. The Morgan fingerprint density at radius 3 is 2.61 bits per heavy atom. The van der Waals surface area contributed by atoms with Crippen LogP contribution >= 0.6 is 0 Å². The SMILES string of the molecule is Cc1ccc(OC2CCN(Cc3nc(-c4ccccc4OC(F)F)no3)CC2)cc1C. The molecule has 0 atom stereocenters. The molecular formula is C23H25F2N3O3. The van der Waals surface area contributed by atoms with Crippen LogP contribution in [-0.2, 0) is 6.54 Å². The molecule has 2 heterocycles. The van der Waals surface area contributed by atoms with Crippen LogP contribution in [0.3, 0.4) is 0 Å². The molecule has 0 amide bonds. The first-order valence-electron chi connectivity index (χ1n) is 10.3. The zero-order chi connectivity index (χ0) is 21.8. The van der Waals surface area contributed by atoms with Gasteiger partial charge < -0.3 is 14.0 Å². The fourth-order valence-electron chi connectivity index (χ4n) is 3.63. The van der Waals surface area contributed by atoms with Crippen LogP contribution in [0.4, 0.5) is 8.78 Å². The Balaban J connectivity index is 1.33. The Hall–Kier alpha value is -3.00. The quantitative estimate of drug-likeness (QED) is 0.527. The van der Waals surface area contributed by atoms with Crippen LogP contribution in [0.2, 0.25) is 0 Å². The van der Waals surface area contributed by atoms with E-state index in [0.717, 1.165) is 31.7 Å². The van der Waals surface area contributed by atoms with Crippen LogP contribution in [0.5, 0.6) is 11.5 Å². The summed E-state index contributed by atoms with van der Waals surface area (Å²) in [7, 11) is 0. The molecule has 164 valence electrons. The maximum atomic E-state index is 12.6. The van der Waals surface area contributed by atoms with Crippen molar-refractivity contribution in [2.75, 3.05) is 13.1 Å². The monoisotopic (exact) mass is 429 g/mol. The first-order valence-corrected chi connectivity index (χ1v) is 10.3. The number of aromatic nitrogens is 2. The number of halogens is 2. The number of aryl methyl sites for hydroxylation is 2. The number of para-hydroxylation sites is 1. The molecular weight excluding hydrogens is 404 g/mol. The lowest BCUT2D eigenvalue weighted by Gasteiger charge is -2.31. The lowest BCUT2D eigenvalue weighted by Crippen LogP contribution is -2.37. The van der Waals surface area contributed by atoms with Crippen molar-refractivity contribution in [2.45, 2.75) is 45.9 Å². The summed E-state index contributed by atoms with van der Waals surface area (Å²) >= 11 is 0. The molecule has 0 N–H and O–H groups in total. The number of ether oxygens (including phenoxy) is 2. The highest BCUT2D eigenvalue weighted by Crippen LogP contribution is 2.29. The smallest absolute Gasteiger partial charge is 0.387 e. The number of piperidine rings is 1. The Bertz CT molecular complexity index is 1020. The Kier molecular flexibility index (Phi) is 6.46. The van der Waals surface area contributed by atoms with Crippen molar-refractivity contribution in [1.29, 1.82) is 0 Å². The maximum Gasteiger partial charge on any atom is 0.387 e. The highest BCUT2D eigenvalue weighted by molar-refractivity contribution is 5.63. The van der Waals surface area contributed by atoms with Gasteiger partial charge in [-0.05, 0) is 62.1 Å². The summed E-state index contributed by atoms with van der Waals surface area (Å²) in [6.45, 7) is 3.45. The zero-order valence-corrected chi connectivity index (χ0v) is 17.6. The number of nitrogens with zero attached hydrogens (tertiary/aromatic N) is 3. The summed E-state index contributed by atoms with van der Waals surface area (Å²) in [5.41, 5.74) is 2.85. The second-order valence-corrected chi connectivity index (χ2v) is 7.73. The van der Waals surface area contributed by atoms with Crippen LogP contribution in [0.1, 0.15) is 29.9 Å². The highest BCUT2D eigenvalue weighted by atomic mass is 19.3. The lowest BCUT2D eigenvalue weighted by molar-refractivity contribution is -0.0494. The van der Waals surface area contributed by atoms with E-state index in [0.29, 0.717) is 18.0 Å². The molecule has 0 bridgehead atoms. The molecule has 0 spiro atoms. The highest BCUT2D eigenvalue weighted by Gasteiger charge is 2.23. The second-order valence-electron chi connectivity index (χ2n) is 7.73. The molecule has 1 aliphatic heterocycles. The van der Waals surface area contributed by atoms with Crippen LogP contribution in [-0.4, -0.2) is 40.8 Å². The molecule has 0 saturated carbocycles. The molecule has 2 aromatic carbocycles. The van der Waals surface area contributed by atoms with Crippen LogP contribution in [0.15, 0.2) is 47.0 Å². The van der Waals surface area contributed by atoms with Crippen LogP contribution in [0, 0.1) is 13.8 Å². The van der Waals surface area contributed by atoms with Gasteiger partial charge in [0.15, 0.2) is 0 Å². The fraction of sp³-hybridized carbons (Fsp3) is 0.391. The Morgan fingerprint density at radius 2 is 1.87 bits per heavy atom. The number of benzene rings is 2. The van der Waals surface area contributed by atoms with Gasteiger partial charge in [0.1, 0.15) is 17.6 Å². The fourth-order valence-corrected chi connectivity index (χ4v) is 3.63. The van der Waals surface area contributed by atoms with Crippen molar-refractivity contribution < 1.29 is 22.8 Å². The van der Waals surface area contributed by atoms with Gasteiger partial charge in [-0.3, -0.25) is 4.90 Å². The maximum absolute atomic E-state index is 12.6. The van der Waals surface area contributed by atoms with Crippen molar-refractivity contribution in [1.82, 2.24) is 15.0 Å². The van der Waals surface area contributed by atoms with Gasteiger partial charge in [-0.1, -0.05) is 23.4 Å². The largest absolute Gasteiger partial charge is 0.490 e. The topological polar surface area (TPSA) is 60.6 Å². The van der Waals surface area contributed by atoms with Gasteiger partial charge in [0.2, 0.25) is 11.7 Å². The van der Waals surface area contributed by atoms with E-state index >= 15 is 0 Å². The second kappa shape index (κ2) is 9.43. The van der Waals surface area contributed by atoms with E-state index in [1.54, 1.807) is 18.2 Å². The third-order valence-electron chi connectivity index (χ3n) is 5.49. The minimum absolute atomic E-state index is 0.0224. The van der Waals surface area contributed by atoms with Gasteiger partial charge in [-0.15, -0.1) is 0 Å². The number of hydrogen-bond donors (Lipinski definition) is 0. The average Bonchev–Trinajstić information content (AvgIpc) is 3.20. The van der Waals surface area contributed by atoms with Gasteiger partial charge in [-0.2, -0.15) is 13.8 Å². The average molecular weight is 429 g/mol. The van der Waals surface area contributed by atoms with Crippen molar-refractivity contribution in [3.05, 3.63) is 59.5 Å². The molecule has 31 heavy (non-hydrogen) atoms. The standard InChI is InChI=1S/C23H25F2N3O3/c1-15-7-8-18(13-16(15)2)29-17-9-11-28(12-10-17)14-21-26-22(27-31-21)19-5-3-4-6-20(19)30-23(24)25/h3-8,13,17,23H,9-12,14H2,1-2H3. The Labute approximate surface area is 179 Å². The summed E-state index contributed by atoms with van der Waals surface area (Å²) in [5.74, 6) is 1.61. The zero-order valence-electron chi connectivity index (χ0n) is 17.6. The van der Waals surface area contributed by atoms with E-state index in [2.05, 4.69) is 45.8 Å². The predicted molar refractivity (Wildman–Crippen MR) is 111 cm³/mol. The number of alkyl halides is 2. The van der Waals surface area contributed by atoms with Gasteiger partial charge >= 0.3 is 6.61 Å². The first-order chi connectivity index (χ1) is 15.0. The molecule has 1 saturated heterocycles. The predicted octanol–water partition coefficient (Wildman–Crippen LogP) is 5.00. The normalized spacial score (nSPS) is 15.4. The summed E-state index contributed by atoms with van der Waals surface area (Å²) < 4.78 is 41.3. The number of likely N-dealkylation sites (tertiary alicyclic amines) is 1. The molecule has 4 rings (SSSR count). The molecule has 1 fully saturated rings. The molecule has 6 nitrogen and oxygen atoms in total. The van der Waals surface area contributed by atoms with Crippen LogP contribution < -0.4 is 9.47 Å². The van der Waals surface area contributed by atoms with Gasteiger partial charge in [0, 0.05) is 13.1 Å². The van der Waals surface area contributed by atoms with Crippen molar-refractivity contribution >= 4 is 0 Å². The molecule has 1 aliphatic rings. The minimum atomic E-state index is -2.92. The van der Waals surface area contributed by atoms with Crippen molar-refractivity contribution in [3.8, 4) is 22.9 Å². The Morgan fingerprint density at radius 1 is 1.10 bits per heavy atom. The molecule has 0 aliphatic carbocycles. The molecule has 8 heteroatoms. The number of hydrogen-bond acceptors (Lipinski definition) is 6. The minimum Gasteiger partial charge on any atom is -0.490 e. The van der Waals surface area contributed by atoms with Gasteiger partial charge in [0.25, 0.3) is 0 Å².